The molecule has 0 atom stereocenters. The summed E-state index contributed by atoms with van der Waals surface area (Å²) in [6.45, 7) is 0.192. The molecule has 2 rings (SSSR count). The van der Waals surface area contributed by atoms with Gasteiger partial charge in [-0.3, -0.25) is 0 Å². The van der Waals surface area contributed by atoms with E-state index in [9.17, 15) is 4.39 Å². The summed E-state index contributed by atoms with van der Waals surface area (Å²) in [5, 5.41) is 0. The molecular formula is C13H12FNO. The third-order valence-electron chi connectivity index (χ3n) is 2.22. The molecule has 82 valence electrons. The van der Waals surface area contributed by atoms with Gasteiger partial charge in [0.05, 0.1) is 0 Å². The molecule has 0 amide bonds. The van der Waals surface area contributed by atoms with Gasteiger partial charge in [0.25, 0.3) is 0 Å². The van der Waals surface area contributed by atoms with E-state index in [1.54, 1.807) is 12.1 Å². The average Bonchev–Trinajstić information content (AvgIpc) is 2.31. The van der Waals surface area contributed by atoms with Gasteiger partial charge in [-0.1, -0.05) is 24.3 Å². The Labute approximate surface area is 93.5 Å². The molecule has 2 nitrogen and oxygen atoms in total. The Kier molecular flexibility index (Phi) is 3.17. The molecule has 0 fully saturated rings. The second kappa shape index (κ2) is 4.77. The summed E-state index contributed by atoms with van der Waals surface area (Å²) in [6, 6.07) is 13.9. The van der Waals surface area contributed by atoms with Crippen LogP contribution >= 0.6 is 0 Å². The van der Waals surface area contributed by atoms with Crippen molar-refractivity contribution < 1.29 is 9.13 Å². The number of rotatable bonds is 3. The Hall–Kier alpha value is -1.87. The van der Waals surface area contributed by atoms with Gasteiger partial charge in [0.2, 0.25) is 0 Å². The number of para-hydroxylation sites is 1. The summed E-state index contributed by atoms with van der Waals surface area (Å²) >= 11 is 0. The molecule has 0 aromatic heterocycles. The maximum atomic E-state index is 13.4. The highest BCUT2D eigenvalue weighted by molar-refractivity contribution is 5.33. The van der Waals surface area contributed by atoms with Crippen LogP contribution in [0.15, 0.2) is 48.5 Å². The second-order valence-electron chi connectivity index (χ2n) is 3.37. The molecule has 0 saturated heterocycles. The van der Waals surface area contributed by atoms with Crippen LogP contribution in [0.2, 0.25) is 0 Å². The first-order valence-corrected chi connectivity index (χ1v) is 5.01. The molecule has 0 bridgehead atoms. The van der Waals surface area contributed by atoms with Gasteiger partial charge in [0.1, 0.15) is 17.3 Å². The van der Waals surface area contributed by atoms with Crippen LogP contribution in [-0.2, 0) is 6.54 Å². The molecule has 2 N–H and O–H groups in total. The Morgan fingerprint density at radius 3 is 2.38 bits per heavy atom. The Balaban J connectivity index is 2.20. The van der Waals surface area contributed by atoms with E-state index in [1.807, 2.05) is 30.3 Å². The summed E-state index contributed by atoms with van der Waals surface area (Å²) in [5.41, 5.74) is 5.86. The fraction of sp³-hybridized carbons (Fsp3) is 0.0769. The maximum Gasteiger partial charge on any atom is 0.131 e. The lowest BCUT2D eigenvalue weighted by Crippen LogP contribution is -1.99. The van der Waals surface area contributed by atoms with Crippen LogP contribution in [0.3, 0.4) is 0 Å². The molecule has 0 radical (unpaired) electrons. The summed E-state index contributed by atoms with van der Waals surface area (Å²) in [5.74, 6) is 0.819. The van der Waals surface area contributed by atoms with Gasteiger partial charge in [0.15, 0.2) is 0 Å². The fourth-order valence-electron chi connectivity index (χ4n) is 1.38. The van der Waals surface area contributed by atoms with E-state index in [2.05, 4.69) is 0 Å². The smallest absolute Gasteiger partial charge is 0.131 e. The molecule has 2 aromatic rings. The summed E-state index contributed by atoms with van der Waals surface area (Å²) < 4.78 is 18.9. The SMILES string of the molecule is NCc1ccc(Oc2ccccc2)cc1F. The van der Waals surface area contributed by atoms with E-state index < -0.39 is 0 Å². The summed E-state index contributed by atoms with van der Waals surface area (Å²) in [4.78, 5) is 0. The minimum Gasteiger partial charge on any atom is -0.457 e. The molecule has 0 aliphatic carbocycles. The van der Waals surface area contributed by atoms with Crippen molar-refractivity contribution in [3.8, 4) is 11.5 Å². The molecule has 0 aliphatic heterocycles. The second-order valence-corrected chi connectivity index (χ2v) is 3.37. The van der Waals surface area contributed by atoms with E-state index in [4.69, 9.17) is 10.5 Å². The van der Waals surface area contributed by atoms with Crippen molar-refractivity contribution in [2.24, 2.45) is 5.73 Å². The van der Waals surface area contributed by atoms with Gasteiger partial charge in [-0.05, 0) is 18.2 Å². The predicted octanol–water partition coefficient (Wildman–Crippen LogP) is 3.08. The van der Waals surface area contributed by atoms with E-state index in [0.29, 0.717) is 17.1 Å². The normalized spacial score (nSPS) is 10.1. The van der Waals surface area contributed by atoms with Crippen molar-refractivity contribution in [3.63, 3.8) is 0 Å². The lowest BCUT2D eigenvalue weighted by molar-refractivity contribution is 0.475. The van der Waals surface area contributed by atoms with Crippen LogP contribution in [0, 0.1) is 5.82 Å². The maximum absolute atomic E-state index is 13.4. The van der Waals surface area contributed by atoms with Gasteiger partial charge in [-0.25, -0.2) is 4.39 Å². The third kappa shape index (κ3) is 2.38. The largest absolute Gasteiger partial charge is 0.457 e. The lowest BCUT2D eigenvalue weighted by Gasteiger charge is -2.06. The first kappa shape index (κ1) is 10.6. The number of halogens is 1. The Morgan fingerprint density at radius 1 is 1.00 bits per heavy atom. The fourth-order valence-corrected chi connectivity index (χ4v) is 1.38. The van der Waals surface area contributed by atoms with Gasteiger partial charge in [-0.15, -0.1) is 0 Å². The lowest BCUT2D eigenvalue weighted by atomic mass is 10.2. The summed E-state index contributed by atoms with van der Waals surface area (Å²) in [7, 11) is 0. The molecule has 0 saturated carbocycles. The number of hydrogen-bond donors (Lipinski definition) is 1. The van der Waals surface area contributed by atoms with E-state index >= 15 is 0 Å². The van der Waals surface area contributed by atoms with E-state index in [0.717, 1.165) is 0 Å². The number of nitrogens with two attached hydrogens (primary N) is 1. The zero-order chi connectivity index (χ0) is 11.4. The predicted molar refractivity (Wildman–Crippen MR) is 60.8 cm³/mol. The molecule has 2 aromatic carbocycles. The molecule has 16 heavy (non-hydrogen) atoms. The first-order chi connectivity index (χ1) is 7.79. The molecule has 0 aliphatic rings. The van der Waals surface area contributed by atoms with Crippen LogP contribution in [0.25, 0.3) is 0 Å². The van der Waals surface area contributed by atoms with Crippen LogP contribution in [0.1, 0.15) is 5.56 Å². The Bertz CT molecular complexity index is 471. The summed E-state index contributed by atoms with van der Waals surface area (Å²) in [6.07, 6.45) is 0. The van der Waals surface area contributed by atoms with Crippen molar-refractivity contribution in [1.29, 1.82) is 0 Å². The van der Waals surface area contributed by atoms with Crippen LogP contribution in [0.5, 0.6) is 11.5 Å². The van der Waals surface area contributed by atoms with Crippen molar-refractivity contribution >= 4 is 0 Å². The van der Waals surface area contributed by atoms with Gasteiger partial charge in [-0.2, -0.15) is 0 Å². The monoisotopic (exact) mass is 217 g/mol. The van der Waals surface area contributed by atoms with Crippen molar-refractivity contribution in [3.05, 3.63) is 59.9 Å². The molecule has 3 heteroatoms. The van der Waals surface area contributed by atoms with Crippen molar-refractivity contribution in [2.75, 3.05) is 0 Å². The molecule has 0 spiro atoms. The average molecular weight is 217 g/mol. The standard InChI is InChI=1S/C13H12FNO/c14-13-8-12(7-6-10(13)9-15)16-11-4-2-1-3-5-11/h1-8H,9,15H2. The Morgan fingerprint density at radius 2 is 1.75 bits per heavy atom. The van der Waals surface area contributed by atoms with Gasteiger partial charge in [0, 0.05) is 18.2 Å². The minimum absolute atomic E-state index is 0.192. The van der Waals surface area contributed by atoms with Crippen LogP contribution in [-0.4, -0.2) is 0 Å². The highest BCUT2D eigenvalue weighted by Crippen LogP contribution is 2.22. The van der Waals surface area contributed by atoms with E-state index in [1.165, 1.54) is 6.07 Å². The van der Waals surface area contributed by atoms with Crippen molar-refractivity contribution in [2.45, 2.75) is 6.54 Å². The number of hydrogen-bond acceptors (Lipinski definition) is 2. The molecule has 0 heterocycles. The number of ether oxygens (including phenoxy) is 1. The third-order valence-corrected chi connectivity index (χ3v) is 2.22. The first-order valence-electron chi connectivity index (χ1n) is 5.01. The highest BCUT2D eigenvalue weighted by Gasteiger charge is 2.03. The van der Waals surface area contributed by atoms with Crippen molar-refractivity contribution in [1.82, 2.24) is 0 Å². The molecular weight excluding hydrogens is 205 g/mol. The van der Waals surface area contributed by atoms with Gasteiger partial charge < -0.3 is 10.5 Å². The molecule has 0 unspecified atom stereocenters. The zero-order valence-electron chi connectivity index (χ0n) is 8.69. The van der Waals surface area contributed by atoms with Crippen LogP contribution < -0.4 is 10.5 Å². The van der Waals surface area contributed by atoms with Gasteiger partial charge >= 0.3 is 0 Å². The highest BCUT2D eigenvalue weighted by atomic mass is 19.1. The topological polar surface area (TPSA) is 35.2 Å². The minimum atomic E-state index is -0.337. The quantitative estimate of drug-likeness (QED) is 0.857. The van der Waals surface area contributed by atoms with Crippen LogP contribution in [0.4, 0.5) is 4.39 Å². The number of benzene rings is 2. The zero-order valence-corrected chi connectivity index (χ0v) is 8.69. The van der Waals surface area contributed by atoms with E-state index in [-0.39, 0.29) is 12.4 Å².